The van der Waals surface area contributed by atoms with E-state index >= 15 is 0 Å². The lowest BCUT2D eigenvalue weighted by molar-refractivity contribution is 0.252. The zero-order chi connectivity index (χ0) is 14.7. The van der Waals surface area contributed by atoms with Gasteiger partial charge in [-0.05, 0) is 36.8 Å². The molecule has 0 unspecified atom stereocenters. The monoisotopic (exact) mass is 301 g/mol. The first-order chi connectivity index (χ1) is 10.2. The van der Waals surface area contributed by atoms with Gasteiger partial charge in [0.05, 0.1) is 0 Å². The van der Waals surface area contributed by atoms with E-state index in [1.165, 1.54) is 15.4 Å². The minimum Gasteiger partial charge on any atom is -0.399 e. The Hall–Kier alpha value is -1.52. The molecule has 0 saturated carbocycles. The quantitative estimate of drug-likeness (QED) is 0.880. The molecular weight excluding hydrogens is 278 g/mol. The van der Waals surface area contributed by atoms with Crippen LogP contribution in [0.4, 0.5) is 11.4 Å². The molecular formula is C17H23N3S. The standard InChI is InChI=1S/C17H23N3S/c1-2-16-6-7-17(21-16)13-19-8-10-20(11-9-19)15-5-3-4-14(18)12-15/h3-7,12H,2,8-11,13,18H2,1H3. The summed E-state index contributed by atoms with van der Waals surface area (Å²) in [6.07, 6.45) is 1.15. The third-order valence-electron chi connectivity index (χ3n) is 4.05. The van der Waals surface area contributed by atoms with Crippen molar-refractivity contribution in [2.75, 3.05) is 36.8 Å². The first-order valence-electron chi connectivity index (χ1n) is 7.65. The van der Waals surface area contributed by atoms with E-state index in [0.717, 1.165) is 44.8 Å². The molecule has 1 aromatic heterocycles. The van der Waals surface area contributed by atoms with Crippen LogP contribution in [-0.2, 0) is 13.0 Å². The van der Waals surface area contributed by atoms with Crippen molar-refractivity contribution in [1.82, 2.24) is 4.90 Å². The Kier molecular flexibility index (Phi) is 4.46. The van der Waals surface area contributed by atoms with Crippen LogP contribution in [0, 0.1) is 0 Å². The Labute approximate surface area is 131 Å². The minimum atomic E-state index is 0.848. The third kappa shape index (κ3) is 3.57. The molecule has 21 heavy (non-hydrogen) atoms. The van der Waals surface area contributed by atoms with E-state index in [1.54, 1.807) is 0 Å². The first kappa shape index (κ1) is 14.4. The molecule has 1 saturated heterocycles. The number of rotatable bonds is 4. The fraction of sp³-hybridized carbons (Fsp3) is 0.412. The van der Waals surface area contributed by atoms with E-state index < -0.39 is 0 Å². The van der Waals surface area contributed by atoms with Gasteiger partial charge in [-0.2, -0.15) is 0 Å². The van der Waals surface area contributed by atoms with Crippen LogP contribution < -0.4 is 10.6 Å². The maximum absolute atomic E-state index is 5.87. The molecule has 4 heteroatoms. The number of nitrogen functional groups attached to an aromatic ring is 1. The van der Waals surface area contributed by atoms with E-state index in [4.69, 9.17) is 5.73 Å². The summed E-state index contributed by atoms with van der Waals surface area (Å²) in [5, 5.41) is 0. The highest BCUT2D eigenvalue weighted by Gasteiger charge is 2.17. The van der Waals surface area contributed by atoms with E-state index in [-0.39, 0.29) is 0 Å². The van der Waals surface area contributed by atoms with Crippen LogP contribution in [0.25, 0.3) is 0 Å². The van der Waals surface area contributed by atoms with Gasteiger partial charge in [0, 0.05) is 53.9 Å². The number of hydrogen-bond acceptors (Lipinski definition) is 4. The van der Waals surface area contributed by atoms with E-state index in [9.17, 15) is 0 Å². The van der Waals surface area contributed by atoms with Crippen LogP contribution in [0.2, 0.25) is 0 Å². The Morgan fingerprint density at radius 2 is 1.81 bits per heavy atom. The lowest BCUT2D eigenvalue weighted by atomic mass is 10.2. The number of nitrogens with two attached hydrogens (primary N) is 1. The van der Waals surface area contributed by atoms with Crippen molar-refractivity contribution in [3.05, 3.63) is 46.2 Å². The molecule has 3 rings (SSSR count). The number of anilines is 2. The van der Waals surface area contributed by atoms with Gasteiger partial charge >= 0.3 is 0 Å². The summed E-state index contributed by atoms with van der Waals surface area (Å²) < 4.78 is 0. The van der Waals surface area contributed by atoms with Crippen LogP contribution in [0.3, 0.4) is 0 Å². The number of piperazine rings is 1. The molecule has 112 valence electrons. The SMILES string of the molecule is CCc1ccc(CN2CCN(c3cccc(N)c3)CC2)s1. The zero-order valence-corrected chi connectivity index (χ0v) is 13.4. The van der Waals surface area contributed by atoms with Gasteiger partial charge in [-0.3, -0.25) is 4.90 Å². The molecule has 1 aliphatic rings. The highest BCUT2D eigenvalue weighted by atomic mass is 32.1. The van der Waals surface area contributed by atoms with Gasteiger partial charge in [-0.1, -0.05) is 13.0 Å². The molecule has 2 N–H and O–H groups in total. The summed E-state index contributed by atoms with van der Waals surface area (Å²) in [7, 11) is 0. The summed E-state index contributed by atoms with van der Waals surface area (Å²) in [5.41, 5.74) is 7.97. The van der Waals surface area contributed by atoms with E-state index in [0.29, 0.717) is 0 Å². The molecule has 0 spiro atoms. The van der Waals surface area contributed by atoms with Crippen molar-refractivity contribution in [2.24, 2.45) is 0 Å². The van der Waals surface area contributed by atoms with Crippen LogP contribution in [-0.4, -0.2) is 31.1 Å². The molecule has 1 aliphatic heterocycles. The Bertz CT molecular complexity index is 585. The number of aryl methyl sites for hydroxylation is 1. The molecule has 2 aromatic rings. The number of nitrogens with zero attached hydrogens (tertiary/aromatic N) is 2. The van der Waals surface area contributed by atoms with Crippen molar-refractivity contribution in [3.63, 3.8) is 0 Å². The van der Waals surface area contributed by atoms with Gasteiger partial charge in [0.25, 0.3) is 0 Å². The predicted molar refractivity (Wildman–Crippen MR) is 92.0 cm³/mol. The van der Waals surface area contributed by atoms with Gasteiger partial charge in [0.2, 0.25) is 0 Å². The Morgan fingerprint density at radius 3 is 2.48 bits per heavy atom. The minimum absolute atomic E-state index is 0.848. The number of thiophene rings is 1. The average Bonchev–Trinajstić information content (AvgIpc) is 2.96. The van der Waals surface area contributed by atoms with Crippen molar-refractivity contribution in [3.8, 4) is 0 Å². The Balaban J connectivity index is 1.55. The van der Waals surface area contributed by atoms with Gasteiger partial charge in [0.1, 0.15) is 0 Å². The normalized spacial score (nSPS) is 16.3. The lowest BCUT2D eigenvalue weighted by Crippen LogP contribution is -2.45. The molecule has 0 bridgehead atoms. The van der Waals surface area contributed by atoms with Crippen molar-refractivity contribution < 1.29 is 0 Å². The Morgan fingerprint density at radius 1 is 1.05 bits per heavy atom. The van der Waals surface area contributed by atoms with Crippen LogP contribution in [0.1, 0.15) is 16.7 Å². The summed E-state index contributed by atoms with van der Waals surface area (Å²) in [5.74, 6) is 0. The van der Waals surface area contributed by atoms with E-state index in [2.05, 4.69) is 41.0 Å². The fourth-order valence-corrected chi connectivity index (χ4v) is 3.80. The maximum atomic E-state index is 5.87. The first-order valence-corrected chi connectivity index (χ1v) is 8.46. The van der Waals surface area contributed by atoms with Gasteiger partial charge in [-0.15, -0.1) is 11.3 Å². The van der Waals surface area contributed by atoms with Crippen LogP contribution in [0.15, 0.2) is 36.4 Å². The lowest BCUT2D eigenvalue weighted by Gasteiger charge is -2.36. The molecule has 0 radical (unpaired) electrons. The molecule has 2 heterocycles. The van der Waals surface area contributed by atoms with Gasteiger partial charge in [-0.25, -0.2) is 0 Å². The summed E-state index contributed by atoms with van der Waals surface area (Å²) in [6, 6.07) is 12.8. The van der Waals surface area contributed by atoms with Crippen molar-refractivity contribution in [2.45, 2.75) is 19.9 Å². The molecule has 3 nitrogen and oxygen atoms in total. The topological polar surface area (TPSA) is 32.5 Å². The van der Waals surface area contributed by atoms with Gasteiger partial charge in [0.15, 0.2) is 0 Å². The molecule has 0 aliphatic carbocycles. The zero-order valence-electron chi connectivity index (χ0n) is 12.6. The summed E-state index contributed by atoms with van der Waals surface area (Å²) in [4.78, 5) is 7.96. The molecule has 1 fully saturated rings. The average molecular weight is 301 g/mol. The number of hydrogen-bond donors (Lipinski definition) is 1. The second-order valence-electron chi connectivity index (χ2n) is 5.58. The van der Waals surface area contributed by atoms with Gasteiger partial charge < -0.3 is 10.6 Å². The second kappa shape index (κ2) is 6.50. The maximum Gasteiger partial charge on any atom is 0.0387 e. The van der Waals surface area contributed by atoms with Crippen LogP contribution in [0.5, 0.6) is 0 Å². The summed E-state index contributed by atoms with van der Waals surface area (Å²) in [6.45, 7) is 7.71. The van der Waals surface area contributed by atoms with Crippen LogP contribution >= 0.6 is 11.3 Å². The highest BCUT2D eigenvalue weighted by molar-refractivity contribution is 7.11. The fourth-order valence-electron chi connectivity index (χ4n) is 2.80. The van der Waals surface area contributed by atoms with Crippen molar-refractivity contribution >= 4 is 22.7 Å². The molecule has 0 atom stereocenters. The third-order valence-corrected chi connectivity index (χ3v) is 5.27. The molecule has 1 aromatic carbocycles. The largest absolute Gasteiger partial charge is 0.399 e. The second-order valence-corrected chi connectivity index (χ2v) is 6.83. The number of benzene rings is 1. The predicted octanol–water partition coefficient (Wildman–Crippen LogP) is 3.21. The van der Waals surface area contributed by atoms with E-state index in [1.807, 2.05) is 23.5 Å². The molecule has 0 amide bonds. The summed E-state index contributed by atoms with van der Waals surface area (Å²) >= 11 is 1.95. The smallest absolute Gasteiger partial charge is 0.0387 e. The highest BCUT2D eigenvalue weighted by Crippen LogP contribution is 2.22. The van der Waals surface area contributed by atoms with Crippen molar-refractivity contribution in [1.29, 1.82) is 0 Å².